The Morgan fingerprint density at radius 1 is 1.35 bits per heavy atom. The summed E-state index contributed by atoms with van der Waals surface area (Å²) in [4.78, 5) is 10.6. The molecule has 0 aromatic heterocycles. The molecule has 1 N–H and O–H groups in total. The third kappa shape index (κ3) is 2.91. The fourth-order valence-corrected chi connectivity index (χ4v) is 1.72. The van der Waals surface area contributed by atoms with Crippen molar-refractivity contribution < 1.29 is 19.5 Å². The molecule has 0 aliphatic carbocycles. The maximum atomic E-state index is 11.1. The molecule has 1 atom stereocenters. The second kappa shape index (κ2) is 5.13. The van der Waals surface area contributed by atoms with Gasteiger partial charge in [-0.2, -0.15) is 0 Å². The van der Waals surface area contributed by atoms with Crippen LogP contribution in [0.1, 0.15) is 26.3 Å². The molecule has 0 fully saturated rings. The predicted molar refractivity (Wildman–Crippen MR) is 73.7 cm³/mol. The van der Waals surface area contributed by atoms with E-state index in [1.807, 2.05) is 20.8 Å². The van der Waals surface area contributed by atoms with Gasteiger partial charge in [0.25, 0.3) is 5.69 Å². The molecule has 0 bridgehead atoms. The van der Waals surface area contributed by atoms with Gasteiger partial charge in [0.15, 0.2) is 11.5 Å². The molecular formula is C14H17NO5. The number of aliphatic hydroxyl groups excluding tert-OH is 1. The van der Waals surface area contributed by atoms with Crippen LogP contribution in [-0.2, 0) is 0 Å². The lowest BCUT2D eigenvalue weighted by atomic mass is 9.88. The highest BCUT2D eigenvalue weighted by atomic mass is 16.7. The first-order chi connectivity index (χ1) is 9.29. The van der Waals surface area contributed by atoms with Gasteiger partial charge in [-0.1, -0.05) is 26.8 Å². The number of nitro benzene ring substituents is 1. The first kappa shape index (κ1) is 14.3. The first-order valence-electron chi connectivity index (χ1n) is 6.23. The van der Waals surface area contributed by atoms with Crippen molar-refractivity contribution in [2.75, 3.05) is 6.79 Å². The average molecular weight is 279 g/mol. The van der Waals surface area contributed by atoms with Gasteiger partial charge in [-0.25, -0.2) is 0 Å². The third-order valence-electron chi connectivity index (χ3n) is 3.06. The Bertz CT molecular complexity index is 559. The van der Waals surface area contributed by atoms with E-state index in [1.165, 1.54) is 12.1 Å². The van der Waals surface area contributed by atoms with Gasteiger partial charge >= 0.3 is 0 Å². The number of nitro groups is 1. The summed E-state index contributed by atoms with van der Waals surface area (Å²) in [6.45, 7) is 5.71. The molecule has 2 rings (SSSR count). The quantitative estimate of drug-likeness (QED) is 0.679. The Balaban J connectivity index is 2.36. The highest BCUT2D eigenvalue weighted by molar-refractivity contribution is 5.67. The largest absolute Gasteiger partial charge is 0.454 e. The van der Waals surface area contributed by atoms with Crippen molar-refractivity contribution in [2.45, 2.75) is 26.9 Å². The summed E-state index contributed by atoms with van der Waals surface area (Å²) in [7, 11) is 0. The molecule has 1 aliphatic heterocycles. The maximum Gasteiger partial charge on any atom is 0.280 e. The van der Waals surface area contributed by atoms with E-state index >= 15 is 0 Å². The second-order valence-corrected chi connectivity index (χ2v) is 5.69. The van der Waals surface area contributed by atoms with E-state index in [4.69, 9.17) is 9.47 Å². The van der Waals surface area contributed by atoms with Gasteiger partial charge in [0.05, 0.1) is 22.7 Å². The predicted octanol–water partition coefficient (Wildman–Crippen LogP) is 2.74. The molecule has 108 valence electrons. The fourth-order valence-electron chi connectivity index (χ4n) is 1.72. The standard InChI is InChI=1S/C14H17NO5/c1-14(2,3)13(16)5-4-9-6-11-12(20-8-19-11)7-10(9)15(17)18/h4-7,13,16H,8H2,1-3H3. The monoisotopic (exact) mass is 279 g/mol. The summed E-state index contributed by atoms with van der Waals surface area (Å²) in [6, 6.07) is 2.89. The fraction of sp³-hybridized carbons (Fsp3) is 0.429. The number of hydrogen-bond donors (Lipinski definition) is 1. The van der Waals surface area contributed by atoms with Crippen LogP contribution in [0.15, 0.2) is 18.2 Å². The average Bonchev–Trinajstić information content (AvgIpc) is 2.80. The number of rotatable bonds is 3. The molecule has 0 radical (unpaired) electrons. The first-order valence-corrected chi connectivity index (χ1v) is 6.23. The van der Waals surface area contributed by atoms with Crippen LogP contribution in [0.3, 0.4) is 0 Å². The van der Waals surface area contributed by atoms with Gasteiger partial charge in [-0.15, -0.1) is 0 Å². The molecular weight excluding hydrogens is 262 g/mol. The van der Waals surface area contributed by atoms with Crippen LogP contribution in [-0.4, -0.2) is 22.9 Å². The highest BCUT2D eigenvalue weighted by Gasteiger charge is 2.23. The van der Waals surface area contributed by atoms with Crippen molar-refractivity contribution >= 4 is 11.8 Å². The molecule has 20 heavy (non-hydrogen) atoms. The van der Waals surface area contributed by atoms with Crippen molar-refractivity contribution in [3.05, 3.63) is 33.9 Å². The van der Waals surface area contributed by atoms with E-state index < -0.39 is 11.0 Å². The smallest absolute Gasteiger partial charge is 0.280 e. The molecule has 0 amide bonds. The molecule has 1 aromatic rings. The molecule has 1 aliphatic rings. The minimum Gasteiger partial charge on any atom is -0.454 e. The van der Waals surface area contributed by atoms with E-state index in [-0.39, 0.29) is 17.9 Å². The number of ether oxygens (including phenoxy) is 2. The lowest BCUT2D eigenvalue weighted by Gasteiger charge is -2.22. The van der Waals surface area contributed by atoms with E-state index in [0.29, 0.717) is 17.1 Å². The van der Waals surface area contributed by atoms with Crippen molar-refractivity contribution in [3.8, 4) is 11.5 Å². The zero-order chi connectivity index (χ0) is 14.9. The zero-order valence-corrected chi connectivity index (χ0v) is 11.6. The molecule has 1 aromatic carbocycles. The molecule has 0 saturated carbocycles. The lowest BCUT2D eigenvalue weighted by molar-refractivity contribution is -0.385. The minimum atomic E-state index is -0.701. The molecule has 1 heterocycles. The van der Waals surface area contributed by atoms with Gasteiger partial charge < -0.3 is 14.6 Å². The summed E-state index contributed by atoms with van der Waals surface area (Å²) in [5.74, 6) is 0.839. The minimum absolute atomic E-state index is 0.0598. The number of hydrogen-bond acceptors (Lipinski definition) is 5. The molecule has 6 heteroatoms. The summed E-state index contributed by atoms with van der Waals surface area (Å²) in [5, 5.41) is 21.0. The number of benzene rings is 1. The van der Waals surface area contributed by atoms with Crippen LogP contribution >= 0.6 is 0 Å². The van der Waals surface area contributed by atoms with Crippen LogP contribution in [0.5, 0.6) is 11.5 Å². The van der Waals surface area contributed by atoms with E-state index in [1.54, 1.807) is 12.1 Å². The summed E-state index contributed by atoms with van der Waals surface area (Å²) >= 11 is 0. The highest BCUT2D eigenvalue weighted by Crippen LogP contribution is 2.38. The number of fused-ring (bicyclic) bond motifs is 1. The SMILES string of the molecule is CC(C)(C)C(O)C=Cc1cc2c(cc1[N+](=O)[O-])OCO2. The Kier molecular flexibility index (Phi) is 3.67. The Labute approximate surface area is 116 Å². The van der Waals surface area contributed by atoms with Crippen molar-refractivity contribution in [1.29, 1.82) is 0 Å². The number of nitrogens with zero attached hydrogens (tertiary/aromatic N) is 1. The topological polar surface area (TPSA) is 81.8 Å². The summed E-state index contributed by atoms with van der Waals surface area (Å²) in [5.41, 5.74) is -0.0316. The lowest BCUT2D eigenvalue weighted by Crippen LogP contribution is -2.23. The van der Waals surface area contributed by atoms with Crippen molar-refractivity contribution in [2.24, 2.45) is 5.41 Å². The van der Waals surface area contributed by atoms with Crippen molar-refractivity contribution in [3.63, 3.8) is 0 Å². The van der Waals surface area contributed by atoms with Gasteiger partial charge in [-0.05, 0) is 17.6 Å². The van der Waals surface area contributed by atoms with Crippen LogP contribution in [0.2, 0.25) is 0 Å². The maximum absolute atomic E-state index is 11.1. The van der Waals surface area contributed by atoms with Gasteiger partial charge in [0, 0.05) is 0 Å². The van der Waals surface area contributed by atoms with Gasteiger partial charge in [0.1, 0.15) is 0 Å². The molecule has 0 spiro atoms. The molecule has 6 nitrogen and oxygen atoms in total. The number of aliphatic hydroxyl groups is 1. The van der Waals surface area contributed by atoms with Crippen LogP contribution in [0, 0.1) is 15.5 Å². The van der Waals surface area contributed by atoms with E-state index in [0.717, 1.165) is 0 Å². The van der Waals surface area contributed by atoms with Crippen LogP contribution < -0.4 is 9.47 Å². The molecule has 1 unspecified atom stereocenters. The second-order valence-electron chi connectivity index (χ2n) is 5.69. The third-order valence-corrected chi connectivity index (χ3v) is 3.06. The van der Waals surface area contributed by atoms with E-state index in [2.05, 4.69) is 0 Å². The van der Waals surface area contributed by atoms with Crippen LogP contribution in [0.25, 0.3) is 6.08 Å². The van der Waals surface area contributed by atoms with E-state index in [9.17, 15) is 15.2 Å². The normalized spacial score (nSPS) is 15.6. The Hall–Kier alpha value is -2.08. The Morgan fingerprint density at radius 2 is 1.95 bits per heavy atom. The molecule has 0 saturated heterocycles. The van der Waals surface area contributed by atoms with Gasteiger partial charge in [0.2, 0.25) is 6.79 Å². The zero-order valence-electron chi connectivity index (χ0n) is 11.6. The summed E-state index contributed by atoms with van der Waals surface area (Å²) in [6.07, 6.45) is 2.38. The Morgan fingerprint density at radius 3 is 2.50 bits per heavy atom. The van der Waals surface area contributed by atoms with Crippen molar-refractivity contribution in [1.82, 2.24) is 0 Å². The van der Waals surface area contributed by atoms with Crippen LogP contribution in [0.4, 0.5) is 5.69 Å². The summed E-state index contributed by atoms with van der Waals surface area (Å²) < 4.78 is 10.3. The van der Waals surface area contributed by atoms with Gasteiger partial charge in [-0.3, -0.25) is 10.1 Å².